The van der Waals surface area contributed by atoms with Crippen molar-refractivity contribution in [2.45, 2.75) is 335 Å². The number of carbonyl (C=O) groups excluding carboxylic acids is 3. The zero-order valence-electron chi connectivity index (χ0n) is 48.7. The van der Waals surface area contributed by atoms with Crippen LogP contribution in [0.15, 0.2) is 60.8 Å². The van der Waals surface area contributed by atoms with Gasteiger partial charge in [-0.15, -0.1) is 0 Å². The second kappa shape index (κ2) is 61.7. The van der Waals surface area contributed by atoms with E-state index in [1.807, 2.05) is 0 Å². The van der Waals surface area contributed by atoms with Crippen LogP contribution in [0.4, 0.5) is 0 Å². The molecule has 0 aliphatic carbocycles. The molecule has 0 rings (SSSR count). The Balaban J connectivity index is 3.94. The average Bonchev–Trinajstić information content (AvgIpc) is 3.39. The van der Waals surface area contributed by atoms with Gasteiger partial charge in [0.1, 0.15) is 13.2 Å². The third kappa shape index (κ3) is 59.9. The lowest BCUT2D eigenvalue weighted by atomic mass is 10.0. The fourth-order valence-corrected chi connectivity index (χ4v) is 9.30. The van der Waals surface area contributed by atoms with Gasteiger partial charge in [0.2, 0.25) is 0 Å². The Morgan fingerprint density at radius 1 is 0.288 bits per heavy atom. The van der Waals surface area contributed by atoms with Gasteiger partial charge in [0.15, 0.2) is 6.10 Å². The van der Waals surface area contributed by atoms with Gasteiger partial charge in [-0.25, -0.2) is 0 Å². The molecule has 0 heterocycles. The largest absolute Gasteiger partial charge is 0.462 e. The van der Waals surface area contributed by atoms with Gasteiger partial charge in [-0.1, -0.05) is 306 Å². The van der Waals surface area contributed by atoms with Crippen LogP contribution in [0.1, 0.15) is 329 Å². The smallest absolute Gasteiger partial charge is 0.306 e. The van der Waals surface area contributed by atoms with Crippen molar-refractivity contribution in [3.8, 4) is 0 Å². The van der Waals surface area contributed by atoms with Crippen LogP contribution >= 0.6 is 0 Å². The molecule has 0 aromatic rings. The lowest BCUT2D eigenvalue weighted by molar-refractivity contribution is -0.167. The van der Waals surface area contributed by atoms with Gasteiger partial charge in [-0.05, 0) is 64.2 Å². The first-order valence-corrected chi connectivity index (χ1v) is 31.8. The van der Waals surface area contributed by atoms with Gasteiger partial charge in [0, 0.05) is 19.3 Å². The summed E-state index contributed by atoms with van der Waals surface area (Å²) in [6, 6.07) is 0. The van der Waals surface area contributed by atoms with Crippen molar-refractivity contribution in [2.24, 2.45) is 0 Å². The average molecular weight is 1020 g/mol. The second-order valence-corrected chi connectivity index (χ2v) is 21.3. The summed E-state index contributed by atoms with van der Waals surface area (Å²) in [7, 11) is 0. The van der Waals surface area contributed by atoms with E-state index in [2.05, 4.69) is 81.5 Å². The lowest BCUT2D eigenvalue weighted by Gasteiger charge is -2.18. The number of unbranched alkanes of at least 4 members (excludes halogenated alkanes) is 37. The van der Waals surface area contributed by atoms with E-state index in [0.717, 1.165) is 89.9 Å². The summed E-state index contributed by atoms with van der Waals surface area (Å²) in [5.74, 6) is -0.854. The summed E-state index contributed by atoms with van der Waals surface area (Å²) in [5, 5.41) is 0. The Labute approximate surface area is 453 Å². The third-order valence-electron chi connectivity index (χ3n) is 14.0. The molecule has 0 fully saturated rings. The van der Waals surface area contributed by atoms with Gasteiger partial charge >= 0.3 is 17.9 Å². The summed E-state index contributed by atoms with van der Waals surface area (Å²) in [6.45, 7) is 6.53. The normalized spacial score (nSPS) is 12.4. The minimum atomic E-state index is -0.765. The molecule has 0 saturated carbocycles. The zero-order chi connectivity index (χ0) is 52.9. The van der Waals surface area contributed by atoms with Crippen LogP contribution in [-0.2, 0) is 28.6 Å². The fourth-order valence-electron chi connectivity index (χ4n) is 9.30. The van der Waals surface area contributed by atoms with Gasteiger partial charge in [-0.2, -0.15) is 0 Å². The molecule has 0 aromatic heterocycles. The molecule has 0 aliphatic rings. The molecular weight excluding hydrogens is 901 g/mol. The van der Waals surface area contributed by atoms with Crippen LogP contribution in [0.3, 0.4) is 0 Å². The van der Waals surface area contributed by atoms with Crippen LogP contribution < -0.4 is 0 Å². The van der Waals surface area contributed by atoms with Crippen molar-refractivity contribution >= 4 is 17.9 Å². The molecule has 0 spiro atoms. The highest BCUT2D eigenvalue weighted by Gasteiger charge is 2.19. The molecule has 1 unspecified atom stereocenters. The number of hydrogen-bond donors (Lipinski definition) is 0. The fraction of sp³-hybridized carbons (Fsp3) is 0.806. The van der Waals surface area contributed by atoms with Crippen LogP contribution in [-0.4, -0.2) is 37.2 Å². The monoisotopic (exact) mass is 1020 g/mol. The first-order valence-electron chi connectivity index (χ1n) is 31.8. The highest BCUT2D eigenvalue weighted by molar-refractivity contribution is 5.71. The summed E-state index contributed by atoms with van der Waals surface area (Å²) in [4.78, 5) is 38.0. The van der Waals surface area contributed by atoms with Crippen molar-refractivity contribution in [1.82, 2.24) is 0 Å². The number of ether oxygens (including phenoxy) is 3. The first-order chi connectivity index (χ1) is 36.0. The van der Waals surface area contributed by atoms with E-state index in [9.17, 15) is 14.4 Å². The Kier molecular flexibility index (Phi) is 59.2. The van der Waals surface area contributed by atoms with Crippen molar-refractivity contribution in [3.63, 3.8) is 0 Å². The van der Waals surface area contributed by atoms with Crippen molar-refractivity contribution in [1.29, 1.82) is 0 Å². The Morgan fingerprint density at radius 2 is 0.534 bits per heavy atom. The molecule has 0 bridgehead atoms. The molecule has 1 atom stereocenters. The van der Waals surface area contributed by atoms with Crippen molar-refractivity contribution < 1.29 is 28.6 Å². The number of allylic oxidation sites excluding steroid dienone is 10. The molecule has 6 nitrogen and oxygen atoms in total. The summed E-state index contributed by atoms with van der Waals surface area (Å²) < 4.78 is 16.8. The van der Waals surface area contributed by atoms with E-state index in [1.165, 1.54) is 199 Å². The lowest BCUT2D eigenvalue weighted by Crippen LogP contribution is -2.30. The Bertz CT molecular complexity index is 1310. The minimum absolute atomic E-state index is 0.0671. The summed E-state index contributed by atoms with van der Waals surface area (Å²) in [6.07, 6.45) is 78.4. The van der Waals surface area contributed by atoms with Crippen LogP contribution in [0.2, 0.25) is 0 Å². The van der Waals surface area contributed by atoms with Crippen molar-refractivity contribution in [3.05, 3.63) is 60.8 Å². The van der Waals surface area contributed by atoms with E-state index >= 15 is 0 Å². The highest BCUT2D eigenvalue weighted by atomic mass is 16.6. The quantitative estimate of drug-likeness (QED) is 0.0261. The molecule has 424 valence electrons. The van der Waals surface area contributed by atoms with Crippen molar-refractivity contribution in [2.75, 3.05) is 13.2 Å². The van der Waals surface area contributed by atoms with Gasteiger partial charge in [0.05, 0.1) is 0 Å². The molecule has 73 heavy (non-hydrogen) atoms. The molecule has 0 aliphatic heterocycles. The summed E-state index contributed by atoms with van der Waals surface area (Å²) in [5.41, 5.74) is 0. The van der Waals surface area contributed by atoms with Crippen LogP contribution in [0.25, 0.3) is 0 Å². The predicted molar refractivity (Wildman–Crippen MR) is 316 cm³/mol. The molecule has 0 amide bonds. The first kappa shape index (κ1) is 70.1. The predicted octanol–water partition coefficient (Wildman–Crippen LogP) is 21.6. The Hall–Kier alpha value is -2.89. The maximum Gasteiger partial charge on any atom is 0.306 e. The second-order valence-electron chi connectivity index (χ2n) is 21.3. The standard InChI is InChI=1S/C67H120O6/c1-4-7-10-13-16-19-21-23-24-25-26-27-28-29-30-31-32-33-34-35-36-37-38-39-40-41-42-43-44-45-47-48-51-54-57-60-66(69)72-63-64(62-71-65(68)59-56-53-50-18-15-12-9-6-3)73-67(70)61-58-55-52-49-46-22-20-17-14-11-8-5-2/h7,10,16,19,23-24,26-27,29-30,64H,4-6,8-9,11-15,17-18,20-22,25,28,31-63H2,1-3H3/b10-7-,19-16-,24-23-,27-26-,30-29-. The molecular formula is C67H120O6. The maximum atomic E-state index is 12.8. The topological polar surface area (TPSA) is 78.9 Å². The van der Waals surface area contributed by atoms with Crippen LogP contribution in [0, 0.1) is 0 Å². The van der Waals surface area contributed by atoms with E-state index in [-0.39, 0.29) is 31.1 Å². The maximum absolute atomic E-state index is 12.8. The van der Waals surface area contributed by atoms with Gasteiger partial charge < -0.3 is 14.2 Å². The molecule has 6 heteroatoms. The number of rotatable bonds is 58. The van der Waals surface area contributed by atoms with E-state index in [4.69, 9.17) is 14.2 Å². The molecule has 0 N–H and O–H groups in total. The van der Waals surface area contributed by atoms with E-state index < -0.39 is 6.10 Å². The van der Waals surface area contributed by atoms with Gasteiger partial charge in [0.25, 0.3) is 0 Å². The van der Waals surface area contributed by atoms with Gasteiger partial charge in [-0.3, -0.25) is 14.4 Å². The zero-order valence-corrected chi connectivity index (χ0v) is 48.7. The summed E-state index contributed by atoms with van der Waals surface area (Å²) >= 11 is 0. The van der Waals surface area contributed by atoms with E-state index in [1.54, 1.807) is 0 Å². The SMILES string of the molecule is CC/C=C\C/C=C\C/C=C\C/C=C\C/C=C\CCCCCCCCCCCCCCCCCCCCCC(=O)OCC(COC(=O)CCCCCCCCCC)OC(=O)CCCCCCCCCCCCCC. The number of esters is 3. The van der Waals surface area contributed by atoms with E-state index in [0.29, 0.717) is 19.3 Å². The van der Waals surface area contributed by atoms with Crippen LogP contribution in [0.5, 0.6) is 0 Å². The highest BCUT2D eigenvalue weighted by Crippen LogP contribution is 2.17. The molecule has 0 saturated heterocycles. The molecule has 0 radical (unpaired) electrons. The Morgan fingerprint density at radius 3 is 0.836 bits per heavy atom. The number of carbonyl (C=O) groups is 3. The number of hydrogen-bond acceptors (Lipinski definition) is 6. The third-order valence-corrected chi connectivity index (χ3v) is 14.0. The molecule has 0 aromatic carbocycles. The minimum Gasteiger partial charge on any atom is -0.462 e.